The lowest BCUT2D eigenvalue weighted by atomic mass is 10.2. The number of aromatic nitrogens is 1. The molecule has 0 aliphatic rings. The first kappa shape index (κ1) is 16.8. The van der Waals surface area contributed by atoms with E-state index >= 15 is 0 Å². The number of likely N-dealkylation sites (N-methyl/N-ethyl adjacent to an activating group) is 1. The van der Waals surface area contributed by atoms with E-state index < -0.39 is 4.92 Å². The van der Waals surface area contributed by atoms with Crippen molar-refractivity contribution in [3.8, 4) is 0 Å². The molecule has 1 heterocycles. The minimum atomic E-state index is -0.454. The number of para-hydroxylation sites is 1. The summed E-state index contributed by atoms with van der Waals surface area (Å²) in [5.41, 5.74) is 1.69. The highest BCUT2D eigenvalue weighted by Gasteiger charge is 2.10. The second-order valence-electron chi connectivity index (χ2n) is 5.45. The number of hydrogen-bond acceptors (Lipinski definition) is 5. The van der Waals surface area contributed by atoms with Crippen LogP contribution in [0.5, 0.6) is 0 Å². The SMILES string of the molecule is CN(Cc1nc2ccccc2s1)C(=O)/C=C/c1ccc([N+](=O)[O-])cc1. The maximum Gasteiger partial charge on any atom is 0.269 e. The molecule has 1 amide bonds. The maximum absolute atomic E-state index is 12.2. The van der Waals surface area contributed by atoms with Gasteiger partial charge in [0, 0.05) is 25.3 Å². The van der Waals surface area contributed by atoms with Crippen molar-refractivity contribution >= 4 is 39.2 Å². The van der Waals surface area contributed by atoms with Crippen LogP contribution in [-0.2, 0) is 11.3 Å². The zero-order valence-corrected chi connectivity index (χ0v) is 14.3. The van der Waals surface area contributed by atoms with Gasteiger partial charge in [0.25, 0.3) is 5.69 Å². The fourth-order valence-electron chi connectivity index (χ4n) is 2.27. The van der Waals surface area contributed by atoms with Crippen LogP contribution in [0.4, 0.5) is 5.69 Å². The van der Waals surface area contributed by atoms with Crippen LogP contribution in [-0.4, -0.2) is 27.8 Å². The van der Waals surface area contributed by atoms with E-state index in [1.165, 1.54) is 18.2 Å². The van der Waals surface area contributed by atoms with E-state index in [0.29, 0.717) is 6.54 Å². The van der Waals surface area contributed by atoms with Crippen LogP contribution in [0.2, 0.25) is 0 Å². The number of nitro groups is 1. The molecular weight excluding hydrogens is 338 g/mol. The number of thiazole rings is 1. The molecule has 0 bridgehead atoms. The van der Waals surface area contributed by atoms with Gasteiger partial charge in [-0.2, -0.15) is 0 Å². The summed E-state index contributed by atoms with van der Waals surface area (Å²) in [6.45, 7) is 0.433. The van der Waals surface area contributed by atoms with Crippen molar-refractivity contribution in [2.75, 3.05) is 7.05 Å². The van der Waals surface area contributed by atoms with Gasteiger partial charge in [-0.05, 0) is 35.9 Å². The summed E-state index contributed by atoms with van der Waals surface area (Å²) < 4.78 is 1.10. The van der Waals surface area contributed by atoms with Crippen molar-refractivity contribution in [1.29, 1.82) is 0 Å². The van der Waals surface area contributed by atoms with E-state index in [9.17, 15) is 14.9 Å². The molecule has 0 aliphatic heterocycles. The van der Waals surface area contributed by atoms with Crippen LogP contribution in [0.1, 0.15) is 10.6 Å². The molecule has 0 radical (unpaired) electrons. The van der Waals surface area contributed by atoms with Crippen LogP contribution in [0, 0.1) is 10.1 Å². The minimum Gasteiger partial charge on any atom is -0.335 e. The number of non-ortho nitro benzene ring substituents is 1. The van der Waals surface area contributed by atoms with Gasteiger partial charge in [-0.3, -0.25) is 14.9 Å². The summed E-state index contributed by atoms with van der Waals surface area (Å²) in [5.74, 6) is -0.155. The summed E-state index contributed by atoms with van der Waals surface area (Å²) in [6.07, 6.45) is 3.09. The number of rotatable bonds is 5. The van der Waals surface area contributed by atoms with Gasteiger partial charge in [0.2, 0.25) is 5.91 Å². The molecule has 25 heavy (non-hydrogen) atoms. The van der Waals surface area contributed by atoms with Crippen molar-refractivity contribution in [3.63, 3.8) is 0 Å². The lowest BCUT2D eigenvalue weighted by Gasteiger charge is -2.12. The summed E-state index contributed by atoms with van der Waals surface area (Å²) >= 11 is 1.57. The number of carbonyl (C=O) groups excluding carboxylic acids is 1. The molecule has 7 heteroatoms. The predicted octanol–water partition coefficient (Wildman–Crippen LogP) is 3.88. The topological polar surface area (TPSA) is 76.3 Å². The van der Waals surface area contributed by atoms with Gasteiger partial charge in [-0.25, -0.2) is 4.98 Å². The van der Waals surface area contributed by atoms with E-state index in [-0.39, 0.29) is 11.6 Å². The largest absolute Gasteiger partial charge is 0.335 e. The second kappa shape index (κ2) is 7.23. The molecule has 0 saturated heterocycles. The smallest absolute Gasteiger partial charge is 0.269 e. The minimum absolute atomic E-state index is 0.0245. The average Bonchev–Trinajstić information content (AvgIpc) is 3.02. The Morgan fingerprint density at radius 1 is 1.24 bits per heavy atom. The van der Waals surface area contributed by atoms with E-state index in [4.69, 9.17) is 0 Å². The van der Waals surface area contributed by atoms with Crippen LogP contribution in [0.15, 0.2) is 54.6 Å². The number of hydrogen-bond donors (Lipinski definition) is 0. The Kier molecular flexibility index (Phi) is 4.85. The number of benzene rings is 2. The highest BCUT2D eigenvalue weighted by atomic mass is 32.1. The van der Waals surface area contributed by atoms with Crippen molar-refractivity contribution in [2.45, 2.75) is 6.54 Å². The highest BCUT2D eigenvalue weighted by Crippen LogP contribution is 2.22. The number of nitrogens with zero attached hydrogens (tertiary/aromatic N) is 3. The first-order chi connectivity index (χ1) is 12.0. The molecule has 1 aromatic heterocycles. The average molecular weight is 353 g/mol. The second-order valence-corrected chi connectivity index (χ2v) is 6.57. The Morgan fingerprint density at radius 2 is 1.96 bits per heavy atom. The number of fused-ring (bicyclic) bond motifs is 1. The van der Waals surface area contributed by atoms with Gasteiger partial charge < -0.3 is 4.90 Å². The summed E-state index contributed by atoms with van der Waals surface area (Å²) in [4.78, 5) is 28.5. The molecule has 0 N–H and O–H groups in total. The summed E-state index contributed by atoms with van der Waals surface area (Å²) in [7, 11) is 1.72. The lowest BCUT2D eigenvalue weighted by Crippen LogP contribution is -2.23. The molecule has 0 spiro atoms. The Balaban J connectivity index is 1.64. The van der Waals surface area contributed by atoms with E-state index in [2.05, 4.69) is 4.98 Å². The predicted molar refractivity (Wildman–Crippen MR) is 98.2 cm³/mol. The van der Waals surface area contributed by atoms with Crippen molar-refractivity contribution in [1.82, 2.24) is 9.88 Å². The van der Waals surface area contributed by atoms with E-state index in [1.807, 2.05) is 24.3 Å². The molecule has 3 rings (SSSR count). The van der Waals surface area contributed by atoms with Crippen molar-refractivity contribution in [2.24, 2.45) is 0 Å². The maximum atomic E-state index is 12.2. The Morgan fingerprint density at radius 3 is 2.64 bits per heavy atom. The van der Waals surface area contributed by atoms with E-state index in [1.54, 1.807) is 41.5 Å². The first-order valence-electron chi connectivity index (χ1n) is 7.55. The van der Waals surface area contributed by atoms with Crippen LogP contribution < -0.4 is 0 Å². The third kappa shape index (κ3) is 4.07. The molecule has 0 aliphatic carbocycles. The first-order valence-corrected chi connectivity index (χ1v) is 8.36. The number of carbonyl (C=O) groups is 1. The van der Waals surface area contributed by atoms with Crippen molar-refractivity contribution < 1.29 is 9.72 Å². The molecule has 0 unspecified atom stereocenters. The number of amides is 1. The molecule has 0 atom stereocenters. The normalized spacial score (nSPS) is 11.1. The third-order valence-corrected chi connectivity index (χ3v) is 4.63. The van der Waals surface area contributed by atoms with Crippen LogP contribution in [0.25, 0.3) is 16.3 Å². The standard InChI is InChI=1S/C18H15N3O3S/c1-20(12-17-19-15-4-2-3-5-16(15)25-17)18(22)11-8-13-6-9-14(10-7-13)21(23)24/h2-11H,12H2,1H3/b11-8+. The molecule has 0 saturated carbocycles. The Labute approximate surface area is 148 Å². The third-order valence-electron chi connectivity index (χ3n) is 3.61. The summed E-state index contributed by atoms with van der Waals surface area (Å²) in [5, 5.41) is 11.5. The Hall–Kier alpha value is -3.06. The zero-order valence-electron chi connectivity index (χ0n) is 13.5. The Bertz CT molecular complexity index is 915. The molecular formula is C18H15N3O3S. The monoisotopic (exact) mass is 353 g/mol. The quantitative estimate of drug-likeness (QED) is 0.396. The van der Waals surface area contributed by atoms with E-state index in [0.717, 1.165) is 20.8 Å². The molecule has 6 nitrogen and oxygen atoms in total. The molecule has 3 aromatic rings. The van der Waals surface area contributed by atoms with Crippen LogP contribution >= 0.6 is 11.3 Å². The van der Waals surface area contributed by atoms with Gasteiger partial charge in [0.1, 0.15) is 5.01 Å². The fraction of sp³-hybridized carbons (Fsp3) is 0.111. The van der Waals surface area contributed by atoms with Gasteiger partial charge in [-0.15, -0.1) is 11.3 Å². The molecule has 126 valence electrons. The van der Waals surface area contributed by atoms with Gasteiger partial charge in [-0.1, -0.05) is 12.1 Å². The molecule has 2 aromatic carbocycles. The van der Waals surface area contributed by atoms with Gasteiger partial charge >= 0.3 is 0 Å². The molecule has 0 fully saturated rings. The zero-order chi connectivity index (χ0) is 17.8. The van der Waals surface area contributed by atoms with Gasteiger partial charge in [0.05, 0.1) is 21.7 Å². The lowest BCUT2D eigenvalue weighted by molar-refractivity contribution is -0.384. The van der Waals surface area contributed by atoms with Crippen molar-refractivity contribution in [3.05, 3.63) is 75.3 Å². The fourth-order valence-corrected chi connectivity index (χ4v) is 3.29. The summed E-state index contributed by atoms with van der Waals surface area (Å²) in [6, 6.07) is 13.9. The van der Waals surface area contributed by atoms with Crippen LogP contribution in [0.3, 0.4) is 0 Å². The number of nitro benzene ring substituents is 1. The highest BCUT2D eigenvalue weighted by molar-refractivity contribution is 7.18. The van der Waals surface area contributed by atoms with Gasteiger partial charge in [0.15, 0.2) is 0 Å².